The summed E-state index contributed by atoms with van der Waals surface area (Å²) in [6.07, 6.45) is 0. The second-order valence-electron chi connectivity index (χ2n) is 5.66. The van der Waals surface area contributed by atoms with Crippen LogP contribution in [0.5, 0.6) is 0 Å². The summed E-state index contributed by atoms with van der Waals surface area (Å²) in [5, 5.41) is 0. The van der Waals surface area contributed by atoms with Crippen molar-refractivity contribution >= 4 is 35.1 Å². The number of carbonyl (C=O) groups excluding carboxylic acids is 2. The summed E-state index contributed by atoms with van der Waals surface area (Å²) >= 11 is 3.10. The van der Waals surface area contributed by atoms with E-state index in [4.69, 9.17) is 0 Å². The average molecular weight is 256 g/mol. The van der Waals surface area contributed by atoms with Crippen molar-refractivity contribution in [2.45, 2.75) is 27.7 Å². The van der Waals surface area contributed by atoms with Gasteiger partial charge >= 0.3 is 0 Å². The lowest BCUT2D eigenvalue weighted by molar-refractivity contribution is -0.123. The largest absolute Gasteiger partial charge is 0.293 e. The van der Waals surface area contributed by atoms with E-state index in [1.165, 1.54) is 0 Å². The molecule has 2 saturated heterocycles. The second-order valence-corrected chi connectivity index (χ2v) is 7.63. The number of rotatable bonds is 0. The third-order valence-electron chi connectivity index (χ3n) is 3.00. The molecule has 0 aromatic carbocycles. The zero-order valence-electron chi connectivity index (χ0n) is 10.0. The summed E-state index contributed by atoms with van der Waals surface area (Å²) in [4.78, 5) is 25.7. The van der Waals surface area contributed by atoms with Crippen LogP contribution in [0.2, 0.25) is 0 Å². The number of ketones is 2. The highest BCUT2D eigenvalue weighted by atomic mass is 32.2. The molecule has 0 atom stereocenters. The van der Waals surface area contributed by atoms with Crippen molar-refractivity contribution in [2.75, 3.05) is 11.5 Å². The van der Waals surface area contributed by atoms with Crippen molar-refractivity contribution in [3.8, 4) is 0 Å². The molecule has 2 aliphatic heterocycles. The molecule has 2 nitrogen and oxygen atoms in total. The first-order chi connectivity index (χ1) is 7.26. The average Bonchev–Trinajstić information content (AvgIpc) is 2.57. The molecule has 2 heterocycles. The fourth-order valence-electron chi connectivity index (χ4n) is 1.72. The third kappa shape index (κ3) is 1.76. The molecule has 88 valence electrons. The highest BCUT2D eigenvalue weighted by Crippen LogP contribution is 2.49. The Labute approximate surface area is 105 Å². The fraction of sp³-hybridized carbons (Fsp3) is 0.667. The highest BCUT2D eigenvalue weighted by molar-refractivity contribution is 8.08. The smallest absolute Gasteiger partial charge is 0.176 e. The standard InChI is InChI=1S/C12H16O2S2/c1-11(2)5-15-7(9(11)13)8-10(14)12(3,4)6-16-8/h5-6H2,1-4H3/b8-7+. The maximum Gasteiger partial charge on any atom is 0.176 e. The quantitative estimate of drug-likeness (QED) is 0.624. The molecule has 2 fully saturated rings. The Morgan fingerprint density at radius 3 is 1.31 bits per heavy atom. The number of hydrogen-bond donors (Lipinski definition) is 0. The summed E-state index contributed by atoms with van der Waals surface area (Å²) in [6.45, 7) is 7.80. The minimum absolute atomic E-state index is 0.144. The molecule has 16 heavy (non-hydrogen) atoms. The fourth-order valence-corrected chi connectivity index (χ4v) is 4.61. The van der Waals surface area contributed by atoms with Gasteiger partial charge in [0.25, 0.3) is 0 Å². The molecule has 0 N–H and O–H groups in total. The van der Waals surface area contributed by atoms with Crippen LogP contribution in [0.4, 0.5) is 0 Å². The lowest BCUT2D eigenvalue weighted by Gasteiger charge is -2.13. The molecule has 4 heteroatoms. The number of thioether (sulfide) groups is 2. The molecule has 0 amide bonds. The maximum atomic E-state index is 12.1. The Hall–Kier alpha value is -0.220. The zero-order chi connectivity index (χ0) is 12.1. The van der Waals surface area contributed by atoms with Gasteiger partial charge in [0.15, 0.2) is 11.6 Å². The molecule has 2 rings (SSSR count). The first-order valence-corrected chi connectivity index (χ1v) is 7.32. The highest BCUT2D eigenvalue weighted by Gasteiger charge is 2.45. The lowest BCUT2D eigenvalue weighted by Crippen LogP contribution is -2.23. The van der Waals surface area contributed by atoms with Crippen molar-refractivity contribution in [1.82, 2.24) is 0 Å². The van der Waals surface area contributed by atoms with Crippen LogP contribution >= 0.6 is 23.5 Å². The summed E-state index contributed by atoms with van der Waals surface area (Å²) in [6, 6.07) is 0. The van der Waals surface area contributed by atoms with E-state index in [1.54, 1.807) is 23.5 Å². The first-order valence-electron chi connectivity index (χ1n) is 5.35. The normalized spacial score (nSPS) is 32.5. The van der Waals surface area contributed by atoms with Gasteiger partial charge in [0.1, 0.15) is 0 Å². The Bertz CT molecular complexity index is 367. The van der Waals surface area contributed by atoms with Gasteiger partial charge in [-0.25, -0.2) is 0 Å². The molecule has 0 aromatic rings. The van der Waals surface area contributed by atoms with Crippen LogP contribution < -0.4 is 0 Å². The molecular formula is C12H16O2S2. The van der Waals surface area contributed by atoms with E-state index in [2.05, 4.69) is 0 Å². The molecule has 0 saturated carbocycles. The van der Waals surface area contributed by atoms with E-state index in [9.17, 15) is 9.59 Å². The maximum absolute atomic E-state index is 12.1. The Kier molecular flexibility index (Phi) is 2.78. The van der Waals surface area contributed by atoms with Gasteiger partial charge in [-0.15, -0.1) is 23.5 Å². The third-order valence-corrected chi connectivity index (χ3v) is 6.22. The summed E-state index contributed by atoms with van der Waals surface area (Å²) in [7, 11) is 0. The van der Waals surface area contributed by atoms with Gasteiger partial charge in [0.05, 0.1) is 9.81 Å². The van der Waals surface area contributed by atoms with Crippen LogP contribution in [0, 0.1) is 10.8 Å². The number of hydrogen-bond acceptors (Lipinski definition) is 4. The zero-order valence-corrected chi connectivity index (χ0v) is 11.7. The SMILES string of the molecule is CC1(C)CS/C(=C2/SCC(C)(C)C2=O)C1=O. The number of allylic oxidation sites excluding steroid dienone is 2. The Balaban J connectivity index is 2.40. The van der Waals surface area contributed by atoms with E-state index in [-0.39, 0.29) is 22.4 Å². The van der Waals surface area contributed by atoms with Gasteiger partial charge in [0, 0.05) is 22.3 Å². The minimum Gasteiger partial charge on any atom is -0.293 e. The van der Waals surface area contributed by atoms with Crippen molar-refractivity contribution in [1.29, 1.82) is 0 Å². The van der Waals surface area contributed by atoms with Crippen molar-refractivity contribution in [3.05, 3.63) is 9.81 Å². The molecule has 0 aromatic heterocycles. The molecule has 2 aliphatic rings. The molecule has 0 aliphatic carbocycles. The minimum atomic E-state index is -0.305. The van der Waals surface area contributed by atoms with Crippen molar-refractivity contribution < 1.29 is 9.59 Å². The van der Waals surface area contributed by atoms with Crippen molar-refractivity contribution in [2.24, 2.45) is 10.8 Å². The predicted molar refractivity (Wildman–Crippen MR) is 69.5 cm³/mol. The second kappa shape index (κ2) is 3.64. The van der Waals surface area contributed by atoms with E-state index in [0.717, 1.165) is 11.5 Å². The van der Waals surface area contributed by atoms with Crippen LogP contribution in [0.25, 0.3) is 0 Å². The van der Waals surface area contributed by atoms with E-state index in [1.807, 2.05) is 27.7 Å². The van der Waals surface area contributed by atoms with Gasteiger partial charge in [-0.05, 0) is 0 Å². The monoisotopic (exact) mass is 256 g/mol. The van der Waals surface area contributed by atoms with E-state index < -0.39 is 0 Å². The van der Waals surface area contributed by atoms with Gasteiger partial charge in [0.2, 0.25) is 0 Å². The predicted octanol–water partition coefficient (Wildman–Crippen LogP) is 2.88. The molecule has 0 bridgehead atoms. The van der Waals surface area contributed by atoms with E-state index >= 15 is 0 Å². The van der Waals surface area contributed by atoms with Crippen LogP contribution in [0.15, 0.2) is 9.81 Å². The van der Waals surface area contributed by atoms with E-state index in [0.29, 0.717) is 9.81 Å². The van der Waals surface area contributed by atoms with Crippen LogP contribution in [-0.4, -0.2) is 23.1 Å². The number of carbonyl (C=O) groups is 2. The molecule has 0 spiro atoms. The molecule has 0 radical (unpaired) electrons. The topological polar surface area (TPSA) is 34.1 Å². The Morgan fingerprint density at radius 2 is 1.12 bits per heavy atom. The summed E-state index contributed by atoms with van der Waals surface area (Å²) in [5.74, 6) is 1.87. The first kappa shape index (κ1) is 12.2. The molecular weight excluding hydrogens is 240 g/mol. The van der Waals surface area contributed by atoms with Gasteiger partial charge in [-0.3, -0.25) is 9.59 Å². The lowest BCUT2D eigenvalue weighted by atomic mass is 9.87. The van der Waals surface area contributed by atoms with Crippen LogP contribution in [0.1, 0.15) is 27.7 Å². The van der Waals surface area contributed by atoms with Gasteiger partial charge in [-0.1, -0.05) is 27.7 Å². The van der Waals surface area contributed by atoms with Gasteiger partial charge in [-0.2, -0.15) is 0 Å². The number of Topliss-reactive ketones (excluding diaryl/α,β-unsaturated/α-hetero) is 2. The van der Waals surface area contributed by atoms with Crippen LogP contribution in [0.3, 0.4) is 0 Å². The Morgan fingerprint density at radius 1 is 0.812 bits per heavy atom. The van der Waals surface area contributed by atoms with Crippen LogP contribution in [-0.2, 0) is 9.59 Å². The van der Waals surface area contributed by atoms with Crippen molar-refractivity contribution in [3.63, 3.8) is 0 Å². The molecule has 0 unspecified atom stereocenters. The summed E-state index contributed by atoms with van der Waals surface area (Å²) in [5.41, 5.74) is -0.610. The summed E-state index contributed by atoms with van der Waals surface area (Å²) < 4.78 is 0. The van der Waals surface area contributed by atoms with Gasteiger partial charge < -0.3 is 0 Å².